The van der Waals surface area contributed by atoms with Crippen LogP contribution in [0.25, 0.3) is 33.6 Å². The molecule has 0 atom stereocenters. The standard InChI is InChI=1S/C23H18F3N7O2/c1-14-5-4-7-18-20(14)33(22(35)31(18)12-19(34)29-13-23(24,25)26)15-9-27-21(28-10-15)16-11-30-32-8-3-2-6-17(16)32/h2-11H,12-13H2,1H3,(H,29,34). The molecule has 0 radical (unpaired) electrons. The normalized spacial score (nSPS) is 11.9. The number of nitrogens with one attached hydrogen (secondary N) is 1. The van der Waals surface area contributed by atoms with Crippen molar-refractivity contribution >= 4 is 22.5 Å². The van der Waals surface area contributed by atoms with Crippen molar-refractivity contribution in [1.82, 2.24) is 34.0 Å². The van der Waals surface area contributed by atoms with Gasteiger partial charge in [-0.3, -0.25) is 13.9 Å². The number of aryl methyl sites for hydroxylation is 1. The van der Waals surface area contributed by atoms with Crippen LogP contribution in [0.2, 0.25) is 0 Å². The first kappa shape index (κ1) is 22.3. The van der Waals surface area contributed by atoms with Gasteiger partial charge in [0.25, 0.3) is 0 Å². The van der Waals surface area contributed by atoms with Gasteiger partial charge >= 0.3 is 11.9 Å². The number of carbonyl (C=O) groups excluding carboxylic acids is 1. The summed E-state index contributed by atoms with van der Waals surface area (Å²) < 4.78 is 41.6. The fourth-order valence-corrected chi connectivity index (χ4v) is 3.94. The molecule has 0 fully saturated rings. The number of pyridine rings is 1. The van der Waals surface area contributed by atoms with Crippen LogP contribution in [0.4, 0.5) is 13.2 Å². The summed E-state index contributed by atoms with van der Waals surface area (Å²) in [6.07, 6.45) is 1.86. The molecule has 5 aromatic rings. The molecule has 4 aromatic heterocycles. The second kappa shape index (κ2) is 8.38. The summed E-state index contributed by atoms with van der Waals surface area (Å²) in [5.74, 6) is -0.514. The summed E-state index contributed by atoms with van der Waals surface area (Å²) in [6.45, 7) is -0.249. The second-order valence-electron chi connectivity index (χ2n) is 7.89. The average molecular weight is 481 g/mol. The number of hydrogen-bond donors (Lipinski definition) is 1. The first-order chi connectivity index (χ1) is 16.7. The van der Waals surface area contributed by atoms with E-state index in [9.17, 15) is 22.8 Å². The minimum Gasteiger partial charge on any atom is -0.345 e. The highest BCUT2D eigenvalue weighted by Gasteiger charge is 2.28. The van der Waals surface area contributed by atoms with Gasteiger partial charge in [-0.05, 0) is 30.7 Å². The van der Waals surface area contributed by atoms with E-state index < -0.39 is 30.9 Å². The van der Waals surface area contributed by atoms with Crippen molar-refractivity contribution < 1.29 is 18.0 Å². The SMILES string of the molecule is Cc1cccc2c1n(-c1cnc(-c3cnn4ccccc34)nc1)c(=O)n2CC(=O)NCC(F)(F)F. The third-order valence-corrected chi connectivity index (χ3v) is 5.50. The summed E-state index contributed by atoms with van der Waals surface area (Å²) >= 11 is 0. The van der Waals surface area contributed by atoms with E-state index in [0.717, 1.165) is 15.6 Å². The lowest BCUT2D eigenvalue weighted by molar-refractivity contribution is -0.138. The number of alkyl halides is 3. The Hall–Kier alpha value is -4.48. The molecule has 1 aromatic carbocycles. The van der Waals surface area contributed by atoms with Crippen molar-refractivity contribution in [2.45, 2.75) is 19.6 Å². The van der Waals surface area contributed by atoms with Crippen molar-refractivity contribution in [3.63, 3.8) is 0 Å². The van der Waals surface area contributed by atoms with Crippen LogP contribution < -0.4 is 11.0 Å². The Kier molecular flexibility index (Phi) is 5.35. The lowest BCUT2D eigenvalue weighted by atomic mass is 10.2. The van der Waals surface area contributed by atoms with E-state index >= 15 is 0 Å². The Labute approximate surface area is 195 Å². The second-order valence-corrected chi connectivity index (χ2v) is 7.89. The Morgan fingerprint density at radius 2 is 1.77 bits per heavy atom. The van der Waals surface area contributed by atoms with Crippen molar-refractivity contribution in [2.75, 3.05) is 6.54 Å². The highest BCUT2D eigenvalue weighted by Crippen LogP contribution is 2.24. The van der Waals surface area contributed by atoms with E-state index in [0.29, 0.717) is 28.1 Å². The summed E-state index contributed by atoms with van der Waals surface area (Å²) in [7, 11) is 0. The van der Waals surface area contributed by atoms with Crippen LogP contribution >= 0.6 is 0 Å². The topological polar surface area (TPSA) is 99.1 Å². The number of imidazole rings is 1. The average Bonchev–Trinajstić information content (AvgIpc) is 3.38. The highest BCUT2D eigenvalue weighted by atomic mass is 19.4. The van der Waals surface area contributed by atoms with Gasteiger partial charge in [0.1, 0.15) is 13.1 Å². The number of benzene rings is 1. The summed E-state index contributed by atoms with van der Waals surface area (Å²) in [5, 5.41) is 6.07. The van der Waals surface area contributed by atoms with Crippen LogP contribution in [0.5, 0.6) is 0 Å². The van der Waals surface area contributed by atoms with E-state index in [-0.39, 0.29) is 0 Å². The lowest BCUT2D eigenvalue weighted by Crippen LogP contribution is -2.37. The molecule has 0 aliphatic rings. The molecule has 178 valence electrons. The molecular weight excluding hydrogens is 463 g/mol. The molecule has 12 heteroatoms. The molecule has 5 rings (SSSR count). The lowest BCUT2D eigenvalue weighted by Gasteiger charge is -2.08. The smallest absolute Gasteiger partial charge is 0.345 e. The molecule has 0 spiro atoms. The number of amides is 1. The van der Waals surface area contributed by atoms with Crippen LogP contribution in [0.1, 0.15) is 5.56 Å². The quantitative estimate of drug-likeness (QED) is 0.416. The molecule has 0 unspecified atom stereocenters. The summed E-state index contributed by atoms with van der Waals surface area (Å²) in [4.78, 5) is 34.3. The van der Waals surface area contributed by atoms with Crippen LogP contribution in [0, 0.1) is 6.92 Å². The minimum atomic E-state index is -4.55. The van der Waals surface area contributed by atoms with Crippen molar-refractivity contribution in [2.24, 2.45) is 0 Å². The largest absolute Gasteiger partial charge is 0.405 e. The van der Waals surface area contributed by atoms with Gasteiger partial charge in [0, 0.05) is 6.20 Å². The number of halogens is 3. The highest BCUT2D eigenvalue weighted by molar-refractivity contribution is 5.84. The van der Waals surface area contributed by atoms with E-state index in [1.165, 1.54) is 17.0 Å². The molecule has 35 heavy (non-hydrogen) atoms. The van der Waals surface area contributed by atoms with Crippen molar-refractivity contribution in [1.29, 1.82) is 0 Å². The number of hydrogen-bond acceptors (Lipinski definition) is 5. The molecule has 0 aliphatic heterocycles. The zero-order valence-electron chi connectivity index (χ0n) is 18.3. The van der Waals surface area contributed by atoms with Gasteiger partial charge in [-0.1, -0.05) is 18.2 Å². The van der Waals surface area contributed by atoms with E-state index in [2.05, 4.69) is 15.1 Å². The zero-order valence-corrected chi connectivity index (χ0v) is 18.3. The van der Waals surface area contributed by atoms with Gasteiger partial charge in [-0.2, -0.15) is 18.3 Å². The first-order valence-corrected chi connectivity index (χ1v) is 10.5. The monoisotopic (exact) mass is 481 g/mol. The maximum absolute atomic E-state index is 13.3. The molecule has 4 heterocycles. The third kappa shape index (κ3) is 4.14. The number of rotatable bonds is 5. The van der Waals surface area contributed by atoms with E-state index in [1.54, 1.807) is 47.3 Å². The molecular formula is C23H18F3N7O2. The number of para-hydroxylation sites is 1. The maximum Gasteiger partial charge on any atom is 0.405 e. The zero-order chi connectivity index (χ0) is 24.7. The van der Waals surface area contributed by atoms with Crippen LogP contribution in [-0.2, 0) is 11.3 Å². The van der Waals surface area contributed by atoms with Crippen LogP contribution in [-0.4, -0.2) is 47.3 Å². The molecule has 0 saturated heterocycles. The molecule has 1 N–H and O–H groups in total. The Bertz CT molecular complexity index is 1610. The summed E-state index contributed by atoms with van der Waals surface area (Å²) in [6, 6.07) is 10.7. The molecule has 0 bridgehead atoms. The van der Waals surface area contributed by atoms with Crippen LogP contribution in [0.3, 0.4) is 0 Å². The van der Waals surface area contributed by atoms with Crippen LogP contribution in [0.15, 0.2) is 66.0 Å². The number of aromatic nitrogens is 6. The Morgan fingerprint density at radius 3 is 2.51 bits per heavy atom. The summed E-state index contributed by atoms with van der Waals surface area (Å²) in [5.41, 5.74) is 2.94. The van der Waals surface area contributed by atoms with Crippen molar-refractivity contribution in [3.05, 3.63) is 77.2 Å². The van der Waals surface area contributed by atoms with Gasteiger partial charge in [0.15, 0.2) is 5.82 Å². The molecule has 0 saturated carbocycles. The van der Waals surface area contributed by atoms with Gasteiger partial charge in [0.05, 0.1) is 46.4 Å². The predicted molar refractivity (Wildman–Crippen MR) is 121 cm³/mol. The van der Waals surface area contributed by atoms with E-state index in [1.807, 2.05) is 18.2 Å². The van der Waals surface area contributed by atoms with Gasteiger partial charge in [-0.15, -0.1) is 0 Å². The van der Waals surface area contributed by atoms with Gasteiger partial charge < -0.3 is 5.32 Å². The fraction of sp³-hybridized carbons (Fsp3) is 0.174. The number of carbonyl (C=O) groups is 1. The Balaban J connectivity index is 1.55. The number of nitrogens with zero attached hydrogens (tertiary/aromatic N) is 6. The molecule has 0 aliphatic carbocycles. The maximum atomic E-state index is 13.3. The Morgan fingerprint density at radius 1 is 1.03 bits per heavy atom. The molecule has 9 nitrogen and oxygen atoms in total. The third-order valence-electron chi connectivity index (χ3n) is 5.50. The number of fused-ring (bicyclic) bond motifs is 2. The minimum absolute atomic E-state index is 0.351. The van der Waals surface area contributed by atoms with Crippen molar-refractivity contribution in [3.8, 4) is 17.1 Å². The predicted octanol–water partition coefficient (Wildman–Crippen LogP) is 2.88. The van der Waals surface area contributed by atoms with Gasteiger partial charge in [0.2, 0.25) is 5.91 Å². The fourth-order valence-electron chi connectivity index (χ4n) is 3.94. The van der Waals surface area contributed by atoms with E-state index in [4.69, 9.17) is 0 Å². The van der Waals surface area contributed by atoms with Gasteiger partial charge in [-0.25, -0.2) is 19.3 Å². The first-order valence-electron chi connectivity index (χ1n) is 10.5. The molecule has 1 amide bonds.